The summed E-state index contributed by atoms with van der Waals surface area (Å²) >= 11 is 1.89. The van der Waals surface area contributed by atoms with Crippen molar-refractivity contribution in [3.05, 3.63) is 107 Å². The van der Waals surface area contributed by atoms with Gasteiger partial charge in [0.05, 0.1) is 0 Å². The monoisotopic (exact) mass is 421 g/mol. The van der Waals surface area contributed by atoms with Crippen molar-refractivity contribution < 1.29 is 8.78 Å². The van der Waals surface area contributed by atoms with E-state index in [0.29, 0.717) is 0 Å². The third kappa shape index (κ3) is 5.38. The van der Waals surface area contributed by atoms with Crippen LogP contribution in [0.15, 0.2) is 89.3 Å². The summed E-state index contributed by atoms with van der Waals surface area (Å²) < 4.78 is 26.9. The Labute approximate surface area is 181 Å². The predicted molar refractivity (Wildman–Crippen MR) is 122 cm³/mol. The molecule has 3 aromatic carbocycles. The summed E-state index contributed by atoms with van der Waals surface area (Å²) in [5.74, 6) is 0.590. The van der Waals surface area contributed by atoms with E-state index in [1.165, 1.54) is 34.7 Å². The van der Waals surface area contributed by atoms with Crippen LogP contribution in [0.1, 0.15) is 24.0 Å². The van der Waals surface area contributed by atoms with E-state index >= 15 is 0 Å². The molecule has 0 saturated carbocycles. The van der Waals surface area contributed by atoms with Crippen molar-refractivity contribution in [1.29, 1.82) is 0 Å². The molecule has 3 aromatic rings. The first-order valence-corrected chi connectivity index (χ1v) is 11.3. The van der Waals surface area contributed by atoms with Gasteiger partial charge in [0.15, 0.2) is 0 Å². The SMILES string of the molecule is Fc1ccc(C(=C2CCN(CCSc3ccccc3)CC2)c2ccc(F)cc2)cc1. The van der Waals surface area contributed by atoms with Crippen LogP contribution in [0.4, 0.5) is 8.78 Å². The molecule has 0 atom stereocenters. The van der Waals surface area contributed by atoms with Gasteiger partial charge in [-0.1, -0.05) is 48.0 Å². The van der Waals surface area contributed by atoms with Gasteiger partial charge in [0.2, 0.25) is 0 Å². The summed E-state index contributed by atoms with van der Waals surface area (Å²) in [5, 5.41) is 0. The quantitative estimate of drug-likeness (QED) is 0.410. The molecule has 0 unspecified atom stereocenters. The molecule has 1 aliphatic heterocycles. The molecule has 0 bridgehead atoms. The van der Waals surface area contributed by atoms with E-state index in [9.17, 15) is 8.78 Å². The Morgan fingerprint density at radius 1 is 0.733 bits per heavy atom. The minimum atomic E-state index is -0.243. The molecule has 0 spiro atoms. The van der Waals surface area contributed by atoms with Gasteiger partial charge in [-0.05, 0) is 65.9 Å². The summed E-state index contributed by atoms with van der Waals surface area (Å²) in [6, 6.07) is 23.8. The van der Waals surface area contributed by atoms with Crippen molar-refractivity contribution in [2.75, 3.05) is 25.4 Å². The number of thioether (sulfide) groups is 1. The lowest BCUT2D eigenvalue weighted by atomic mass is 9.88. The fourth-order valence-electron chi connectivity index (χ4n) is 3.91. The van der Waals surface area contributed by atoms with Gasteiger partial charge in [-0.2, -0.15) is 0 Å². The normalized spacial score (nSPS) is 14.7. The zero-order chi connectivity index (χ0) is 20.8. The van der Waals surface area contributed by atoms with Crippen LogP contribution in [0.3, 0.4) is 0 Å². The Kier molecular flexibility index (Phi) is 6.98. The molecule has 154 valence electrons. The summed E-state index contributed by atoms with van der Waals surface area (Å²) in [5.41, 5.74) is 4.46. The fourth-order valence-corrected chi connectivity index (χ4v) is 4.85. The Morgan fingerprint density at radius 3 is 1.80 bits per heavy atom. The molecule has 4 rings (SSSR count). The molecule has 1 heterocycles. The van der Waals surface area contributed by atoms with Crippen LogP contribution in [0, 0.1) is 11.6 Å². The predicted octanol–water partition coefficient (Wildman–Crippen LogP) is 6.65. The van der Waals surface area contributed by atoms with E-state index in [4.69, 9.17) is 0 Å². The minimum Gasteiger partial charge on any atom is -0.302 e. The minimum absolute atomic E-state index is 0.243. The molecule has 1 aliphatic rings. The Morgan fingerprint density at radius 2 is 1.27 bits per heavy atom. The zero-order valence-corrected chi connectivity index (χ0v) is 17.7. The van der Waals surface area contributed by atoms with E-state index in [0.717, 1.165) is 54.9 Å². The fraction of sp³-hybridized carbons (Fsp3) is 0.231. The molecule has 0 radical (unpaired) electrons. The van der Waals surface area contributed by atoms with E-state index in [2.05, 4.69) is 29.2 Å². The number of piperidine rings is 1. The average molecular weight is 422 g/mol. The van der Waals surface area contributed by atoms with Gasteiger partial charge < -0.3 is 4.90 Å². The zero-order valence-electron chi connectivity index (χ0n) is 16.9. The lowest BCUT2D eigenvalue weighted by molar-refractivity contribution is 0.272. The largest absolute Gasteiger partial charge is 0.302 e. The summed E-state index contributed by atoms with van der Waals surface area (Å²) in [6.07, 6.45) is 1.94. The number of likely N-dealkylation sites (tertiary alicyclic amines) is 1. The number of nitrogens with zero attached hydrogens (tertiary/aromatic N) is 1. The molecule has 30 heavy (non-hydrogen) atoms. The first-order valence-electron chi connectivity index (χ1n) is 10.3. The van der Waals surface area contributed by atoms with E-state index in [1.54, 1.807) is 0 Å². The van der Waals surface area contributed by atoms with Gasteiger partial charge in [-0.3, -0.25) is 0 Å². The van der Waals surface area contributed by atoms with Gasteiger partial charge in [-0.15, -0.1) is 11.8 Å². The molecule has 4 heteroatoms. The highest BCUT2D eigenvalue weighted by Crippen LogP contribution is 2.32. The van der Waals surface area contributed by atoms with Crippen molar-refractivity contribution in [2.45, 2.75) is 17.7 Å². The highest BCUT2D eigenvalue weighted by atomic mass is 32.2. The van der Waals surface area contributed by atoms with Crippen LogP contribution in [-0.2, 0) is 0 Å². The average Bonchev–Trinajstić information content (AvgIpc) is 2.78. The summed E-state index contributed by atoms with van der Waals surface area (Å²) in [7, 11) is 0. The summed E-state index contributed by atoms with van der Waals surface area (Å²) in [4.78, 5) is 3.82. The first-order chi connectivity index (χ1) is 14.7. The van der Waals surface area contributed by atoms with Crippen LogP contribution in [0.5, 0.6) is 0 Å². The molecule has 1 nitrogen and oxygen atoms in total. The van der Waals surface area contributed by atoms with Crippen molar-refractivity contribution in [3.8, 4) is 0 Å². The number of benzene rings is 3. The molecular weight excluding hydrogens is 396 g/mol. The molecule has 0 amide bonds. The van der Waals surface area contributed by atoms with Crippen LogP contribution >= 0.6 is 11.8 Å². The highest BCUT2D eigenvalue weighted by Gasteiger charge is 2.19. The van der Waals surface area contributed by atoms with Crippen LogP contribution in [0.2, 0.25) is 0 Å². The van der Waals surface area contributed by atoms with Gasteiger partial charge in [0, 0.05) is 30.3 Å². The maximum absolute atomic E-state index is 13.5. The Balaban J connectivity index is 1.46. The lowest BCUT2D eigenvalue weighted by Gasteiger charge is -2.30. The maximum Gasteiger partial charge on any atom is 0.123 e. The van der Waals surface area contributed by atoms with Crippen LogP contribution < -0.4 is 0 Å². The maximum atomic E-state index is 13.5. The van der Waals surface area contributed by atoms with Crippen molar-refractivity contribution in [3.63, 3.8) is 0 Å². The summed E-state index contributed by atoms with van der Waals surface area (Å²) in [6.45, 7) is 3.09. The topological polar surface area (TPSA) is 3.24 Å². The first kappa shape index (κ1) is 20.8. The number of hydrogen-bond donors (Lipinski definition) is 0. The third-order valence-corrected chi connectivity index (χ3v) is 6.49. The number of rotatable bonds is 6. The Hall–Kier alpha value is -2.43. The molecule has 0 aromatic heterocycles. The smallest absolute Gasteiger partial charge is 0.123 e. The molecule has 0 aliphatic carbocycles. The second kappa shape index (κ2) is 10.1. The van der Waals surface area contributed by atoms with Gasteiger partial charge in [-0.25, -0.2) is 8.78 Å². The van der Waals surface area contributed by atoms with E-state index in [-0.39, 0.29) is 11.6 Å². The molecule has 0 N–H and O–H groups in total. The van der Waals surface area contributed by atoms with E-state index in [1.807, 2.05) is 42.1 Å². The third-order valence-electron chi connectivity index (χ3n) is 5.50. The number of hydrogen-bond acceptors (Lipinski definition) is 2. The van der Waals surface area contributed by atoms with Crippen molar-refractivity contribution in [1.82, 2.24) is 4.90 Å². The molecule has 1 saturated heterocycles. The Bertz CT molecular complexity index is 924. The van der Waals surface area contributed by atoms with Gasteiger partial charge in [0.1, 0.15) is 11.6 Å². The second-order valence-electron chi connectivity index (χ2n) is 7.50. The lowest BCUT2D eigenvalue weighted by Crippen LogP contribution is -2.33. The van der Waals surface area contributed by atoms with Gasteiger partial charge >= 0.3 is 0 Å². The van der Waals surface area contributed by atoms with Gasteiger partial charge in [0.25, 0.3) is 0 Å². The van der Waals surface area contributed by atoms with Crippen LogP contribution in [-0.4, -0.2) is 30.3 Å². The standard InChI is InChI=1S/C26H25F2NS/c27-23-10-6-20(7-11-23)26(21-8-12-24(28)13-9-21)22-14-16-29(17-15-22)18-19-30-25-4-2-1-3-5-25/h1-13H,14-19H2. The number of halogens is 2. The molecular formula is C26H25F2NS. The second-order valence-corrected chi connectivity index (χ2v) is 8.66. The van der Waals surface area contributed by atoms with Crippen molar-refractivity contribution in [2.24, 2.45) is 0 Å². The van der Waals surface area contributed by atoms with Crippen LogP contribution in [0.25, 0.3) is 5.57 Å². The van der Waals surface area contributed by atoms with Crippen molar-refractivity contribution >= 4 is 17.3 Å². The highest BCUT2D eigenvalue weighted by molar-refractivity contribution is 7.99. The molecule has 1 fully saturated rings. The van der Waals surface area contributed by atoms with E-state index < -0.39 is 0 Å².